The van der Waals surface area contributed by atoms with Crippen molar-refractivity contribution in [3.05, 3.63) is 35.9 Å². The Bertz CT molecular complexity index is 726. The molecule has 1 aliphatic carbocycles. The van der Waals surface area contributed by atoms with Crippen LogP contribution in [0.5, 0.6) is 0 Å². The summed E-state index contributed by atoms with van der Waals surface area (Å²) in [5.74, 6) is -0.148. The van der Waals surface area contributed by atoms with Crippen LogP contribution >= 0.6 is 0 Å². The van der Waals surface area contributed by atoms with Gasteiger partial charge in [0.15, 0.2) is 0 Å². The molecule has 2 amide bonds. The van der Waals surface area contributed by atoms with Gasteiger partial charge >= 0.3 is 0 Å². The standard InChI is InChI=1S/C24H35N3O3/c1-19(20-8-4-2-5-9-20)27-17-21(16-22(27)28)23(29)25-18-24(10-6-3-7-11-24)26-12-14-30-15-13-26/h2,4-5,8-9,19,21H,3,6-7,10-18H2,1H3,(H,25,29)/t19-,21-/m1/s1. The molecule has 3 fully saturated rings. The van der Waals surface area contributed by atoms with E-state index in [-0.39, 0.29) is 29.3 Å². The second-order valence-electron chi connectivity index (χ2n) is 9.14. The number of carbonyl (C=O) groups excluding carboxylic acids is 2. The minimum atomic E-state index is -0.256. The summed E-state index contributed by atoms with van der Waals surface area (Å²) < 4.78 is 5.55. The molecule has 2 atom stereocenters. The van der Waals surface area contributed by atoms with Gasteiger partial charge in [-0.3, -0.25) is 14.5 Å². The number of hydrogen-bond donors (Lipinski definition) is 1. The van der Waals surface area contributed by atoms with Gasteiger partial charge in [0.1, 0.15) is 0 Å². The Balaban J connectivity index is 1.37. The minimum Gasteiger partial charge on any atom is -0.379 e. The van der Waals surface area contributed by atoms with E-state index in [9.17, 15) is 9.59 Å². The quantitative estimate of drug-likeness (QED) is 0.779. The number of morpholine rings is 1. The van der Waals surface area contributed by atoms with Crippen LogP contribution in [0.1, 0.15) is 57.1 Å². The topological polar surface area (TPSA) is 61.9 Å². The molecule has 6 heteroatoms. The third-order valence-corrected chi connectivity index (χ3v) is 7.34. The summed E-state index contributed by atoms with van der Waals surface area (Å²) in [5, 5.41) is 3.25. The molecule has 0 unspecified atom stereocenters. The Hall–Kier alpha value is -1.92. The molecule has 2 heterocycles. The van der Waals surface area contributed by atoms with Crippen LogP contribution in [-0.2, 0) is 14.3 Å². The number of rotatable bonds is 6. The molecule has 2 saturated heterocycles. The largest absolute Gasteiger partial charge is 0.379 e. The summed E-state index contributed by atoms with van der Waals surface area (Å²) in [6, 6.07) is 10.0. The zero-order valence-corrected chi connectivity index (χ0v) is 18.1. The lowest BCUT2D eigenvalue weighted by Gasteiger charge is -2.48. The molecule has 1 aromatic rings. The Morgan fingerprint density at radius 1 is 1.17 bits per heavy atom. The summed E-state index contributed by atoms with van der Waals surface area (Å²) in [6.45, 7) is 6.68. The van der Waals surface area contributed by atoms with E-state index in [4.69, 9.17) is 4.74 Å². The molecule has 6 nitrogen and oxygen atoms in total. The molecule has 0 radical (unpaired) electrons. The third-order valence-electron chi connectivity index (χ3n) is 7.34. The van der Waals surface area contributed by atoms with E-state index in [1.807, 2.05) is 42.2 Å². The molecule has 1 aromatic carbocycles. The highest BCUT2D eigenvalue weighted by Crippen LogP contribution is 2.34. The van der Waals surface area contributed by atoms with E-state index in [1.54, 1.807) is 0 Å². The average Bonchev–Trinajstić information content (AvgIpc) is 3.20. The minimum absolute atomic E-state index is 0.00506. The summed E-state index contributed by atoms with van der Waals surface area (Å²) in [5.41, 5.74) is 1.16. The number of hydrogen-bond acceptors (Lipinski definition) is 4. The normalized spacial score (nSPS) is 25.8. The maximum Gasteiger partial charge on any atom is 0.225 e. The van der Waals surface area contributed by atoms with Crippen molar-refractivity contribution in [3.63, 3.8) is 0 Å². The maximum atomic E-state index is 13.0. The molecule has 1 N–H and O–H groups in total. The van der Waals surface area contributed by atoms with Crippen LogP contribution in [0.4, 0.5) is 0 Å². The fourth-order valence-electron chi connectivity index (χ4n) is 5.44. The summed E-state index contributed by atoms with van der Waals surface area (Å²) in [7, 11) is 0. The number of ether oxygens (including phenoxy) is 1. The average molecular weight is 414 g/mol. The number of amides is 2. The summed E-state index contributed by atoms with van der Waals surface area (Å²) in [6.07, 6.45) is 6.30. The first-order chi connectivity index (χ1) is 14.6. The highest BCUT2D eigenvalue weighted by atomic mass is 16.5. The predicted molar refractivity (Wildman–Crippen MR) is 116 cm³/mol. The van der Waals surface area contributed by atoms with Crippen molar-refractivity contribution in [1.29, 1.82) is 0 Å². The van der Waals surface area contributed by atoms with Gasteiger partial charge in [-0.1, -0.05) is 49.6 Å². The number of benzene rings is 1. The van der Waals surface area contributed by atoms with Crippen LogP contribution < -0.4 is 5.32 Å². The van der Waals surface area contributed by atoms with E-state index in [0.29, 0.717) is 19.5 Å². The van der Waals surface area contributed by atoms with Crippen molar-refractivity contribution in [2.45, 2.75) is 57.0 Å². The molecule has 2 aliphatic heterocycles. The van der Waals surface area contributed by atoms with Gasteiger partial charge in [0.05, 0.1) is 25.2 Å². The van der Waals surface area contributed by atoms with Gasteiger partial charge in [0, 0.05) is 38.1 Å². The fraction of sp³-hybridized carbons (Fsp3) is 0.667. The van der Waals surface area contributed by atoms with Crippen molar-refractivity contribution < 1.29 is 14.3 Å². The van der Waals surface area contributed by atoms with Gasteiger partial charge in [0.2, 0.25) is 11.8 Å². The molecule has 1 saturated carbocycles. The smallest absolute Gasteiger partial charge is 0.225 e. The van der Waals surface area contributed by atoms with Crippen LogP contribution in [0.2, 0.25) is 0 Å². The Kier molecular flexibility index (Phi) is 6.74. The van der Waals surface area contributed by atoms with Crippen molar-refractivity contribution in [3.8, 4) is 0 Å². The van der Waals surface area contributed by atoms with E-state index in [2.05, 4.69) is 10.2 Å². The number of likely N-dealkylation sites (tertiary alicyclic amines) is 1. The lowest BCUT2D eigenvalue weighted by atomic mass is 9.79. The van der Waals surface area contributed by atoms with Gasteiger partial charge in [0.25, 0.3) is 0 Å². The molecular formula is C24H35N3O3. The number of nitrogens with zero attached hydrogens (tertiary/aromatic N) is 2. The molecular weight excluding hydrogens is 378 g/mol. The third kappa shape index (κ3) is 4.54. The fourth-order valence-corrected chi connectivity index (χ4v) is 5.44. The van der Waals surface area contributed by atoms with Gasteiger partial charge < -0.3 is 15.0 Å². The van der Waals surface area contributed by atoms with Crippen molar-refractivity contribution in [1.82, 2.24) is 15.1 Å². The zero-order valence-electron chi connectivity index (χ0n) is 18.1. The molecule has 0 spiro atoms. The predicted octanol–water partition coefficient (Wildman–Crippen LogP) is 2.75. The molecule has 30 heavy (non-hydrogen) atoms. The number of carbonyl (C=O) groups is 2. The summed E-state index contributed by atoms with van der Waals surface area (Å²) in [4.78, 5) is 30.1. The van der Waals surface area contributed by atoms with E-state index in [0.717, 1.165) is 44.7 Å². The van der Waals surface area contributed by atoms with Crippen LogP contribution in [0.25, 0.3) is 0 Å². The highest BCUT2D eigenvalue weighted by molar-refractivity contribution is 5.89. The van der Waals surface area contributed by atoms with Gasteiger partial charge in [-0.05, 0) is 25.3 Å². The molecule has 3 aliphatic rings. The summed E-state index contributed by atoms with van der Waals surface area (Å²) >= 11 is 0. The highest BCUT2D eigenvalue weighted by Gasteiger charge is 2.41. The van der Waals surface area contributed by atoms with Gasteiger partial charge in [-0.25, -0.2) is 0 Å². The van der Waals surface area contributed by atoms with Crippen LogP contribution in [0.15, 0.2) is 30.3 Å². The second-order valence-corrected chi connectivity index (χ2v) is 9.14. The lowest BCUT2D eigenvalue weighted by Crippen LogP contribution is -2.60. The van der Waals surface area contributed by atoms with Crippen LogP contribution in [-0.4, -0.2) is 66.5 Å². The van der Waals surface area contributed by atoms with Crippen LogP contribution in [0, 0.1) is 5.92 Å². The zero-order chi connectivity index (χ0) is 21.0. The Morgan fingerprint density at radius 2 is 1.87 bits per heavy atom. The maximum absolute atomic E-state index is 13.0. The van der Waals surface area contributed by atoms with E-state index in [1.165, 1.54) is 19.3 Å². The first-order valence-electron chi connectivity index (χ1n) is 11.5. The Morgan fingerprint density at radius 3 is 2.57 bits per heavy atom. The van der Waals surface area contributed by atoms with Crippen molar-refractivity contribution in [2.75, 3.05) is 39.4 Å². The SMILES string of the molecule is C[C@H](c1ccccc1)N1C[C@H](C(=O)NCC2(N3CCOCC3)CCCCC2)CC1=O. The van der Waals surface area contributed by atoms with E-state index >= 15 is 0 Å². The molecule has 0 bridgehead atoms. The van der Waals surface area contributed by atoms with E-state index < -0.39 is 0 Å². The van der Waals surface area contributed by atoms with Gasteiger partial charge in [-0.15, -0.1) is 0 Å². The molecule has 164 valence electrons. The molecule has 4 rings (SSSR count). The number of nitrogens with one attached hydrogen (secondary N) is 1. The Labute approximate surface area is 179 Å². The first-order valence-corrected chi connectivity index (χ1v) is 11.5. The molecule has 0 aromatic heterocycles. The van der Waals surface area contributed by atoms with Crippen molar-refractivity contribution in [2.24, 2.45) is 5.92 Å². The first kappa shape index (κ1) is 21.3. The van der Waals surface area contributed by atoms with Crippen molar-refractivity contribution >= 4 is 11.8 Å². The van der Waals surface area contributed by atoms with Crippen LogP contribution in [0.3, 0.4) is 0 Å². The van der Waals surface area contributed by atoms with Gasteiger partial charge in [-0.2, -0.15) is 0 Å². The second kappa shape index (κ2) is 9.48. The lowest BCUT2D eigenvalue weighted by molar-refractivity contribution is -0.130. The monoisotopic (exact) mass is 413 g/mol.